The van der Waals surface area contributed by atoms with Gasteiger partial charge in [-0.15, -0.1) is 0 Å². The summed E-state index contributed by atoms with van der Waals surface area (Å²) in [6, 6.07) is 9.90. The minimum Gasteiger partial charge on any atom is -0.326 e. The predicted molar refractivity (Wildman–Crippen MR) is 111 cm³/mol. The zero-order chi connectivity index (χ0) is 19.8. The number of hydrogen-bond donors (Lipinski definition) is 2. The molecule has 144 valence electrons. The van der Waals surface area contributed by atoms with E-state index in [1.807, 2.05) is 20.8 Å². The molecule has 0 unspecified atom stereocenters. The van der Waals surface area contributed by atoms with Gasteiger partial charge in [-0.3, -0.25) is 9.59 Å². The number of carbonyl (C=O) groups excluding carboxylic acids is 2. The summed E-state index contributed by atoms with van der Waals surface area (Å²) in [7, 11) is 0. The molecule has 2 rings (SSSR count). The molecular formula is C21H25FN2O2S. The van der Waals surface area contributed by atoms with E-state index in [4.69, 9.17) is 0 Å². The summed E-state index contributed by atoms with van der Waals surface area (Å²) < 4.78 is 13.1. The maximum Gasteiger partial charge on any atom is 0.234 e. The van der Waals surface area contributed by atoms with E-state index in [9.17, 15) is 14.0 Å². The molecule has 6 heteroatoms. The second kappa shape index (κ2) is 10.1. The van der Waals surface area contributed by atoms with E-state index < -0.39 is 0 Å². The first-order valence-corrected chi connectivity index (χ1v) is 10.0. The summed E-state index contributed by atoms with van der Waals surface area (Å²) in [5, 5.41) is 5.63. The number of benzene rings is 2. The summed E-state index contributed by atoms with van der Waals surface area (Å²) >= 11 is 1.46. The monoisotopic (exact) mass is 388 g/mol. The highest BCUT2D eigenvalue weighted by atomic mass is 32.2. The molecular weight excluding hydrogens is 363 g/mol. The van der Waals surface area contributed by atoms with Gasteiger partial charge in [0.1, 0.15) is 5.82 Å². The standard InChI is InChI=1S/C21H25FN2O2S/c1-14-10-15(2)21(16(3)11-14)24-19(25)8-5-9-27-13-20(26)23-18-7-4-6-17(22)12-18/h4,6-7,10-12H,5,8-9,13H2,1-3H3,(H,23,26)(H,24,25). The zero-order valence-electron chi connectivity index (χ0n) is 15.9. The Kier molecular flexibility index (Phi) is 7.85. The van der Waals surface area contributed by atoms with Crippen LogP contribution in [0.5, 0.6) is 0 Å². The topological polar surface area (TPSA) is 58.2 Å². The van der Waals surface area contributed by atoms with Crippen molar-refractivity contribution in [2.45, 2.75) is 33.6 Å². The van der Waals surface area contributed by atoms with E-state index in [0.29, 0.717) is 24.3 Å². The lowest BCUT2D eigenvalue weighted by atomic mass is 10.0. The van der Waals surface area contributed by atoms with Crippen molar-refractivity contribution >= 4 is 35.0 Å². The lowest BCUT2D eigenvalue weighted by Gasteiger charge is -2.12. The van der Waals surface area contributed by atoms with Crippen molar-refractivity contribution in [2.75, 3.05) is 22.1 Å². The van der Waals surface area contributed by atoms with Crippen LogP contribution < -0.4 is 10.6 Å². The first kappa shape index (κ1) is 21.0. The van der Waals surface area contributed by atoms with Gasteiger partial charge in [0.2, 0.25) is 11.8 Å². The van der Waals surface area contributed by atoms with Crippen LogP contribution in [0.4, 0.5) is 15.8 Å². The average Bonchev–Trinajstić information content (AvgIpc) is 2.57. The molecule has 0 aliphatic heterocycles. The molecule has 0 saturated heterocycles. The van der Waals surface area contributed by atoms with Crippen LogP contribution in [0.25, 0.3) is 0 Å². The molecule has 0 spiro atoms. The number of nitrogens with one attached hydrogen (secondary N) is 2. The Bertz CT molecular complexity index is 801. The third kappa shape index (κ3) is 7.06. The van der Waals surface area contributed by atoms with Gasteiger partial charge in [0.15, 0.2) is 0 Å². The molecule has 0 saturated carbocycles. The minimum atomic E-state index is -0.384. The second-order valence-corrected chi connectivity index (χ2v) is 7.64. The van der Waals surface area contributed by atoms with E-state index in [2.05, 4.69) is 22.8 Å². The second-order valence-electron chi connectivity index (χ2n) is 6.54. The Morgan fingerprint density at radius 2 is 1.70 bits per heavy atom. The van der Waals surface area contributed by atoms with Crippen LogP contribution in [0.3, 0.4) is 0 Å². The lowest BCUT2D eigenvalue weighted by Crippen LogP contribution is -2.15. The van der Waals surface area contributed by atoms with E-state index in [1.165, 1.54) is 29.5 Å². The van der Waals surface area contributed by atoms with Gasteiger partial charge in [0.25, 0.3) is 0 Å². The van der Waals surface area contributed by atoms with Gasteiger partial charge in [-0.25, -0.2) is 4.39 Å². The fourth-order valence-electron chi connectivity index (χ4n) is 2.84. The number of aryl methyl sites for hydroxylation is 3. The van der Waals surface area contributed by atoms with Crippen LogP contribution in [0.1, 0.15) is 29.5 Å². The third-order valence-corrected chi connectivity index (χ3v) is 5.02. The Balaban J connectivity index is 1.66. The van der Waals surface area contributed by atoms with Crippen molar-refractivity contribution in [2.24, 2.45) is 0 Å². The smallest absolute Gasteiger partial charge is 0.234 e. The SMILES string of the molecule is Cc1cc(C)c(NC(=O)CCCSCC(=O)Nc2cccc(F)c2)c(C)c1. The first-order chi connectivity index (χ1) is 12.8. The number of hydrogen-bond acceptors (Lipinski definition) is 3. The molecule has 0 radical (unpaired) electrons. The molecule has 0 aromatic heterocycles. The molecule has 4 nitrogen and oxygen atoms in total. The molecule has 2 amide bonds. The van der Waals surface area contributed by atoms with Crippen LogP contribution in [0.15, 0.2) is 36.4 Å². The summed E-state index contributed by atoms with van der Waals surface area (Å²) in [6.07, 6.45) is 1.10. The lowest BCUT2D eigenvalue weighted by molar-refractivity contribution is -0.116. The number of thioether (sulfide) groups is 1. The van der Waals surface area contributed by atoms with Crippen molar-refractivity contribution in [3.8, 4) is 0 Å². The molecule has 27 heavy (non-hydrogen) atoms. The number of halogens is 1. The van der Waals surface area contributed by atoms with Crippen molar-refractivity contribution in [3.63, 3.8) is 0 Å². The van der Waals surface area contributed by atoms with Crippen LogP contribution in [-0.2, 0) is 9.59 Å². The Hall–Kier alpha value is -2.34. The van der Waals surface area contributed by atoms with Crippen LogP contribution in [0, 0.1) is 26.6 Å². The highest BCUT2D eigenvalue weighted by Crippen LogP contribution is 2.22. The van der Waals surface area contributed by atoms with Crippen molar-refractivity contribution in [3.05, 3.63) is 58.9 Å². The van der Waals surface area contributed by atoms with Gasteiger partial charge < -0.3 is 10.6 Å². The fourth-order valence-corrected chi connectivity index (χ4v) is 3.59. The Labute approximate surface area is 163 Å². The maximum atomic E-state index is 13.1. The van der Waals surface area contributed by atoms with Gasteiger partial charge in [0, 0.05) is 17.8 Å². The van der Waals surface area contributed by atoms with Crippen molar-refractivity contribution in [1.82, 2.24) is 0 Å². The number of anilines is 2. The molecule has 2 aromatic rings. The number of carbonyl (C=O) groups is 2. The van der Waals surface area contributed by atoms with Gasteiger partial charge in [-0.1, -0.05) is 23.8 Å². The van der Waals surface area contributed by atoms with Crippen molar-refractivity contribution in [1.29, 1.82) is 0 Å². The van der Waals surface area contributed by atoms with E-state index in [-0.39, 0.29) is 23.4 Å². The molecule has 0 aliphatic carbocycles. The molecule has 0 heterocycles. The van der Waals surface area contributed by atoms with E-state index in [0.717, 1.165) is 16.8 Å². The third-order valence-electron chi connectivity index (χ3n) is 3.98. The highest BCUT2D eigenvalue weighted by molar-refractivity contribution is 7.99. The normalized spacial score (nSPS) is 10.5. The minimum absolute atomic E-state index is 0.0186. The zero-order valence-corrected chi connectivity index (χ0v) is 16.7. The van der Waals surface area contributed by atoms with Gasteiger partial charge >= 0.3 is 0 Å². The van der Waals surface area contributed by atoms with Crippen LogP contribution in [-0.4, -0.2) is 23.3 Å². The van der Waals surface area contributed by atoms with Gasteiger partial charge in [-0.05, 0) is 62.3 Å². The summed E-state index contributed by atoms with van der Waals surface area (Å²) in [5.74, 6) is 0.394. The predicted octanol–water partition coefficient (Wildman–Crippen LogP) is 4.84. The first-order valence-electron chi connectivity index (χ1n) is 8.86. The average molecular weight is 389 g/mol. The molecule has 0 aliphatic rings. The van der Waals surface area contributed by atoms with Crippen LogP contribution in [0.2, 0.25) is 0 Å². The molecule has 0 fully saturated rings. The number of amides is 2. The molecule has 2 aromatic carbocycles. The fraction of sp³-hybridized carbons (Fsp3) is 0.333. The van der Waals surface area contributed by atoms with E-state index in [1.54, 1.807) is 12.1 Å². The molecule has 0 bridgehead atoms. The van der Waals surface area contributed by atoms with Crippen LogP contribution >= 0.6 is 11.8 Å². The Morgan fingerprint density at radius 1 is 1.00 bits per heavy atom. The Morgan fingerprint density at radius 3 is 2.37 bits per heavy atom. The highest BCUT2D eigenvalue weighted by Gasteiger charge is 2.09. The number of rotatable bonds is 8. The maximum absolute atomic E-state index is 13.1. The summed E-state index contributed by atoms with van der Waals surface area (Å²) in [6.45, 7) is 6.01. The van der Waals surface area contributed by atoms with Gasteiger partial charge in [0.05, 0.1) is 5.75 Å². The van der Waals surface area contributed by atoms with Gasteiger partial charge in [-0.2, -0.15) is 11.8 Å². The summed E-state index contributed by atoms with van der Waals surface area (Å²) in [4.78, 5) is 24.0. The molecule has 2 N–H and O–H groups in total. The summed E-state index contributed by atoms with van der Waals surface area (Å²) in [5.41, 5.74) is 4.63. The van der Waals surface area contributed by atoms with Crippen molar-refractivity contribution < 1.29 is 14.0 Å². The quantitative estimate of drug-likeness (QED) is 0.636. The molecule has 0 atom stereocenters. The van der Waals surface area contributed by atoms with E-state index >= 15 is 0 Å². The largest absolute Gasteiger partial charge is 0.326 e.